The zero-order valence-electron chi connectivity index (χ0n) is 28.9. The van der Waals surface area contributed by atoms with Crippen LogP contribution in [-0.4, -0.2) is 55.0 Å². The monoisotopic (exact) mass is 622 g/mol. The summed E-state index contributed by atoms with van der Waals surface area (Å²) in [4.78, 5) is 38.1. The van der Waals surface area contributed by atoms with Crippen LogP contribution in [0.15, 0.2) is 0 Å². The van der Waals surface area contributed by atoms with Crippen LogP contribution in [0.5, 0.6) is 0 Å². The van der Waals surface area contributed by atoms with Gasteiger partial charge in [-0.25, -0.2) is 0 Å². The number of esters is 1. The normalized spacial score (nSPS) is 22.7. The molecule has 8 nitrogen and oxygen atoms in total. The molecule has 3 atom stereocenters. The van der Waals surface area contributed by atoms with Gasteiger partial charge in [0.05, 0.1) is 19.1 Å². The van der Waals surface area contributed by atoms with Crippen molar-refractivity contribution >= 4 is 17.8 Å². The summed E-state index contributed by atoms with van der Waals surface area (Å²) in [6.07, 6.45) is 22.8. The lowest BCUT2D eigenvalue weighted by Gasteiger charge is -2.44. The third kappa shape index (κ3) is 16.1. The lowest BCUT2D eigenvalue weighted by molar-refractivity contribution is -0.304. The highest BCUT2D eigenvalue weighted by molar-refractivity contribution is 5.82. The van der Waals surface area contributed by atoms with E-state index in [2.05, 4.69) is 17.6 Å². The Labute approximate surface area is 268 Å². The van der Waals surface area contributed by atoms with E-state index in [1.807, 2.05) is 13.8 Å². The molecule has 0 spiro atoms. The molecule has 2 aliphatic rings. The van der Waals surface area contributed by atoms with E-state index in [0.29, 0.717) is 13.0 Å². The highest BCUT2D eigenvalue weighted by Gasteiger charge is 2.45. The number of amides is 2. The Morgan fingerprint density at radius 1 is 0.750 bits per heavy atom. The van der Waals surface area contributed by atoms with Gasteiger partial charge in [0.2, 0.25) is 11.8 Å². The van der Waals surface area contributed by atoms with Crippen LogP contribution in [0.4, 0.5) is 0 Å². The summed E-state index contributed by atoms with van der Waals surface area (Å²) in [6, 6.07) is -0.134. The Hall–Kier alpha value is -1.67. The van der Waals surface area contributed by atoms with Gasteiger partial charge < -0.3 is 24.8 Å². The number of ether oxygens (including phenoxy) is 3. The first kappa shape index (κ1) is 38.5. The highest BCUT2D eigenvalue weighted by Crippen LogP contribution is 2.34. The molecule has 1 aliphatic carbocycles. The van der Waals surface area contributed by atoms with Gasteiger partial charge in [0.25, 0.3) is 0 Å². The molecule has 0 aromatic rings. The van der Waals surface area contributed by atoms with E-state index in [0.717, 1.165) is 38.5 Å². The number of nitrogens with one attached hydrogen (secondary N) is 2. The standard InChI is InChI=1S/C36H66N2O6/c1-6-7-8-9-10-11-12-13-14-15-16-17-18-19-20-25-31(39)38-29-23-21-22-24-30(29)43-32(40)26-27-37-34(41)33-35(2,3)28-42-36(4,5)44-33/h29-30,33H,6-28H2,1-5H3,(H,37,41)(H,38,39)/t29-,30-,33?/m1/s1. The third-order valence-corrected chi connectivity index (χ3v) is 9.11. The molecule has 1 saturated carbocycles. The molecule has 2 N–H and O–H groups in total. The van der Waals surface area contributed by atoms with E-state index in [9.17, 15) is 14.4 Å². The van der Waals surface area contributed by atoms with E-state index in [1.165, 1.54) is 83.5 Å². The van der Waals surface area contributed by atoms with E-state index >= 15 is 0 Å². The molecule has 8 heteroatoms. The van der Waals surface area contributed by atoms with E-state index < -0.39 is 17.3 Å². The van der Waals surface area contributed by atoms with E-state index in [-0.39, 0.29) is 42.9 Å². The van der Waals surface area contributed by atoms with Crippen molar-refractivity contribution in [3.05, 3.63) is 0 Å². The number of hydrogen-bond donors (Lipinski definition) is 2. The predicted octanol–water partition coefficient (Wildman–Crippen LogP) is 7.90. The first-order chi connectivity index (χ1) is 21.0. The van der Waals surface area contributed by atoms with Crippen molar-refractivity contribution in [3.8, 4) is 0 Å². The van der Waals surface area contributed by atoms with Gasteiger partial charge >= 0.3 is 5.97 Å². The van der Waals surface area contributed by atoms with Crippen LogP contribution in [0.25, 0.3) is 0 Å². The van der Waals surface area contributed by atoms with Gasteiger partial charge in [-0.2, -0.15) is 0 Å². The molecule has 1 saturated heterocycles. The molecule has 256 valence electrons. The molecule has 0 radical (unpaired) electrons. The van der Waals surface area contributed by atoms with Gasteiger partial charge in [-0.3, -0.25) is 14.4 Å². The highest BCUT2D eigenvalue weighted by atomic mass is 16.7. The first-order valence-electron chi connectivity index (χ1n) is 18.1. The molecule has 1 heterocycles. The molecule has 0 bridgehead atoms. The largest absolute Gasteiger partial charge is 0.460 e. The molecule has 2 amide bonds. The molecular weight excluding hydrogens is 556 g/mol. The van der Waals surface area contributed by atoms with Crippen molar-refractivity contribution < 1.29 is 28.6 Å². The summed E-state index contributed by atoms with van der Waals surface area (Å²) >= 11 is 0. The van der Waals surface area contributed by atoms with Gasteiger partial charge in [0.1, 0.15) is 12.2 Å². The van der Waals surface area contributed by atoms with Crippen molar-refractivity contribution in [2.45, 2.75) is 193 Å². The quantitative estimate of drug-likeness (QED) is 0.0940. The van der Waals surface area contributed by atoms with E-state index in [4.69, 9.17) is 14.2 Å². The van der Waals surface area contributed by atoms with E-state index in [1.54, 1.807) is 13.8 Å². The molecule has 2 rings (SSSR count). The fourth-order valence-electron chi connectivity index (χ4n) is 6.27. The third-order valence-electron chi connectivity index (χ3n) is 9.11. The van der Waals surface area contributed by atoms with Gasteiger partial charge in [-0.15, -0.1) is 0 Å². The van der Waals surface area contributed by atoms with Crippen molar-refractivity contribution in [1.82, 2.24) is 10.6 Å². The van der Waals surface area contributed by atoms with Crippen LogP contribution in [-0.2, 0) is 28.6 Å². The fourth-order valence-corrected chi connectivity index (χ4v) is 6.27. The first-order valence-corrected chi connectivity index (χ1v) is 18.1. The molecule has 0 aromatic heterocycles. The second-order valence-corrected chi connectivity index (χ2v) is 14.4. The number of carbonyl (C=O) groups excluding carboxylic acids is 3. The summed E-state index contributed by atoms with van der Waals surface area (Å²) in [5.74, 6) is -1.38. The Kier molecular flexibility index (Phi) is 18.5. The van der Waals surface area contributed by atoms with Crippen molar-refractivity contribution in [2.24, 2.45) is 5.41 Å². The minimum Gasteiger partial charge on any atom is -0.460 e. The minimum absolute atomic E-state index is 0.0573. The Morgan fingerprint density at radius 3 is 1.89 bits per heavy atom. The summed E-state index contributed by atoms with van der Waals surface area (Å²) in [5, 5.41) is 5.97. The molecular formula is C36H66N2O6. The molecule has 44 heavy (non-hydrogen) atoms. The maximum absolute atomic E-state index is 12.8. The number of carbonyl (C=O) groups is 3. The van der Waals surface area contributed by atoms with Crippen molar-refractivity contribution in [3.63, 3.8) is 0 Å². The minimum atomic E-state index is -0.830. The number of unbranched alkanes of at least 4 members (excludes halogenated alkanes) is 14. The average Bonchev–Trinajstić information content (AvgIpc) is 2.97. The summed E-state index contributed by atoms with van der Waals surface area (Å²) < 4.78 is 17.3. The Bertz CT molecular complexity index is 829. The average molecular weight is 623 g/mol. The zero-order valence-corrected chi connectivity index (χ0v) is 28.9. The Balaban J connectivity index is 1.53. The predicted molar refractivity (Wildman–Crippen MR) is 176 cm³/mol. The van der Waals surface area contributed by atoms with Crippen LogP contribution < -0.4 is 10.6 Å². The van der Waals surface area contributed by atoms with Crippen LogP contribution in [0.3, 0.4) is 0 Å². The lowest BCUT2D eigenvalue weighted by Crippen LogP contribution is -2.56. The summed E-state index contributed by atoms with van der Waals surface area (Å²) in [7, 11) is 0. The number of rotatable bonds is 22. The molecule has 0 aromatic carbocycles. The lowest BCUT2D eigenvalue weighted by atomic mass is 9.85. The fraction of sp³-hybridized carbons (Fsp3) is 0.917. The maximum Gasteiger partial charge on any atom is 0.307 e. The maximum atomic E-state index is 12.8. The second-order valence-electron chi connectivity index (χ2n) is 14.4. The second kappa shape index (κ2) is 21.2. The zero-order chi connectivity index (χ0) is 32.3. The smallest absolute Gasteiger partial charge is 0.307 e. The number of hydrogen-bond acceptors (Lipinski definition) is 6. The van der Waals surface area contributed by atoms with Crippen LogP contribution in [0, 0.1) is 5.41 Å². The molecule has 1 unspecified atom stereocenters. The Morgan fingerprint density at radius 2 is 1.30 bits per heavy atom. The van der Waals surface area contributed by atoms with Gasteiger partial charge in [-0.1, -0.05) is 117 Å². The molecule has 2 fully saturated rings. The van der Waals surface area contributed by atoms with Crippen LogP contribution in [0.2, 0.25) is 0 Å². The van der Waals surface area contributed by atoms with Gasteiger partial charge in [0, 0.05) is 18.4 Å². The summed E-state index contributed by atoms with van der Waals surface area (Å²) in [5.41, 5.74) is -0.472. The van der Waals surface area contributed by atoms with Gasteiger partial charge in [0.15, 0.2) is 5.79 Å². The summed E-state index contributed by atoms with van der Waals surface area (Å²) in [6.45, 7) is 10.3. The van der Waals surface area contributed by atoms with Crippen LogP contribution in [0.1, 0.15) is 169 Å². The molecule has 1 aliphatic heterocycles. The van der Waals surface area contributed by atoms with Crippen molar-refractivity contribution in [1.29, 1.82) is 0 Å². The topological polar surface area (TPSA) is 103 Å². The van der Waals surface area contributed by atoms with Crippen molar-refractivity contribution in [2.75, 3.05) is 13.2 Å². The van der Waals surface area contributed by atoms with Gasteiger partial charge in [-0.05, 0) is 39.5 Å². The SMILES string of the molecule is CCCCCCCCCCCCCCCCCC(=O)N[C@@H]1CCCC[C@H]1OC(=O)CCNC(=O)C1OC(C)(C)OCC1(C)C. The van der Waals surface area contributed by atoms with Crippen LogP contribution >= 0.6 is 0 Å².